The average molecular weight is 391 g/mol. The maximum atomic E-state index is 12.5. The topological polar surface area (TPSA) is 103 Å². The Morgan fingerprint density at radius 2 is 1.74 bits per heavy atom. The fourth-order valence-corrected chi connectivity index (χ4v) is 2.86. The van der Waals surface area contributed by atoms with Gasteiger partial charge in [0.25, 0.3) is 11.6 Å². The molecule has 3 aromatic rings. The van der Waals surface area contributed by atoms with Crippen LogP contribution in [-0.4, -0.2) is 17.4 Å². The average Bonchev–Trinajstić information content (AvgIpc) is 3.30. The summed E-state index contributed by atoms with van der Waals surface area (Å²) in [5.74, 6) is 1.08. The molecule has 9 heteroatoms. The third-order valence-electron chi connectivity index (χ3n) is 3.85. The lowest BCUT2D eigenvalue weighted by atomic mass is 10.2. The highest BCUT2D eigenvalue weighted by atomic mass is 35.5. The number of carbonyl (C=O) groups excluding carboxylic acids is 1. The first-order valence-corrected chi connectivity index (χ1v) is 8.51. The Hall–Kier alpha value is -3.10. The molecule has 2 aromatic heterocycles. The fraction of sp³-hybridized carbons (Fsp3) is 0.167. The highest BCUT2D eigenvalue weighted by molar-refractivity contribution is 6.31. The first-order chi connectivity index (χ1) is 13.0. The van der Waals surface area contributed by atoms with Gasteiger partial charge in [0, 0.05) is 11.1 Å². The van der Waals surface area contributed by atoms with Crippen molar-refractivity contribution < 1.29 is 23.5 Å². The van der Waals surface area contributed by atoms with E-state index in [0.717, 1.165) is 16.4 Å². The molecule has 1 amide bonds. The van der Waals surface area contributed by atoms with Gasteiger partial charge in [-0.25, -0.2) is 0 Å². The van der Waals surface area contributed by atoms with Crippen molar-refractivity contribution in [3.8, 4) is 0 Å². The van der Waals surface area contributed by atoms with Gasteiger partial charge >= 0.3 is 0 Å². The third-order valence-corrected chi connectivity index (χ3v) is 4.08. The molecule has 3 rings (SSSR count). The number of anilines is 1. The molecule has 2 N–H and O–H groups in total. The van der Waals surface area contributed by atoms with E-state index in [4.69, 9.17) is 20.4 Å². The summed E-state index contributed by atoms with van der Waals surface area (Å²) >= 11 is 5.80. The molecular weight excluding hydrogens is 374 g/mol. The number of halogens is 1. The lowest BCUT2D eigenvalue weighted by Crippen LogP contribution is -3.10. The fourth-order valence-electron chi connectivity index (χ4n) is 2.69. The van der Waals surface area contributed by atoms with Gasteiger partial charge in [-0.05, 0) is 36.4 Å². The summed E-state index contributed by atoms with van der Waals surface area (Å²) in [6, 6.07) is 11.3. The van der Waals surface area contributed by atoms with E-state index in [1.54, 1.807) is 24.7 Å². The monoisotopic (exact) mass is 390 g/mol. The maximum absolute atomic E-state index is 12.5. The minimum absolute atomic E-state index is 0.0706. The van der Waals surface area contributed by atoms with Crippen LogP contribution in [0.2, 0.25) is 5.02 Å². The molecule has 0 unspecified atom stereocenters. The van der Waals surface area contributed by atoms with Crippen molar-refractivity contribution in [1.29, 1.82) is 0 Å². The highest BCUT2D eigenvalue weighted by Gasteiger charge is 2.21. The minimum Gasteiger partial charge on any atom is -0.463 e. The summed E-state index contributed by atoms with van der Waals surface area (Å²) in [7, 11) is 0. The van der Waals surface area contributed by atoms with Crippen LogP contribution in [0.1, 0.15) is 11.5 Å². The maximum Gasteiger partial charge on any atom is 0.294 e. The number of hydrogen-bond donors (Lipinski definition) is 2. The van der Waals surface area contributed by atoms with Gasteiger partial charge in [-0.2, -0.15) is 0 Å². The number of nitro benzene ring substituents is 1. The zero-order chi connectivity index (χ0) is 19.2. The number of amides is 1. The summed E-state index contributed by atoms with van der Waals surface area (Å²) in [5.41, 5.74) is -0.154. The number of quaternary nitrogens is 1. The van der Waals surface area contributed by atoms with Crippen LogP contribution in [0, 0.1) is 10.1 Å². The highest BCUT2D eigenvalue weighted by Crippen LogP contribution is 2.27. The second-order valence-electron chi connectivity index (χ2n) is 5.91. The molecule has 0 radical (unpaired) electrons. The van der Waals surface area contributed by atoms with Crippen LogP contribution in [0.15, 0.2) is 63.8 Å². The smallest absolute Gasteiger partial charge is 0.294 e. The van der Waals surface area contributed by atoms with E-state index < -0.39 is 4.92 Å². The Kier molecular flexibility index (Phi) is 5.90. The standard InChI is InChI=1S/C18H16ClN3O5/c19-13-5-6-16(17(9-13)22(24)25)20-18(23)12-21(10-14-3-1-7-26-14)11-15-4-2-8-27-15/h1-9H,10-12H2,(H,20,23)/p+1. The van der Waals surface area contributed by atoms with E-state index in [0.29, 0.717) is 13.1 Å². The molecule has 0 aliphatic heterocycles. The molecule has 0 saturated heterocycles. The lowest BCUT2D eigenvalue weighted by Gasteiger charge is -2.17. The summed E-state index contributed by atoms with van der Waals surface area (Å²) in [6.45, 7) is 0.995. The number of benzene rings is 1. The van der Waals surface area contributed by atoms with E-state index in [9.17, 15) is 14.9 Å². The predicted molar refractivity (Wildman–Crippen MR) is 97.4 cm³/mol. The van der Waals surface area contributed by atoms with Crippen LogP contribution < -0.4 is 10.2 Å². The summed E-state index contributed by atoms with van der Waals surface area (Å²) in [5, 5.41) is 14.0. The number of rotatable bonds is 8. The van der Waals surface area contributed by atoms with Crippen molar-refractivity contribution in [1.82, 2.24) is 0 Å². The molecule has 0 aliphatic rings. The number of nitrogens with one attached hydrogen (secondary N) is 2. The molecule has 27 heavy (non-hydrogen) atoms. The van der Waals surface area contributed by atoms with Gasteiger partial charge in [-0.1, -0.05) is 11.6 Å². The Labute approximate surface area is 159 Å². The molecule has 140 valence electrons. The van der Waals surface area contributed by atoms with Crippen molar-refractivity contribution in [3.63, 3.8) is 0 Å². The Morgan fingerprint density at radius 1 is 1.11 bits per heavy atom. The zero-order valence-electron chi connectivity index (χ0n) is 14.2. The summed E-state index contributed by atoms with van der Waals surface area (Å²) in [6.07, 6.45) is 3.13. The van der Waals surface area contributed by atoms with Crippen molar-refractivity contribution in [3.05, 3.63) is 81.6 Å². The van der Waals surface area contributed by atoms with Crippen molar-refractivity contribution in [2.45, 2.75) is 13.1 Å². The van der Waals surface area contributed by atoms with Gasteiger partial charge in [-0.15, -0.1) is 0 Å². The molecule has 8 nitrogen and oxygen atoms in total. The normalized spacial score (nSPS) is 10.9. The van der Waals surface area contributed by atoms with Gasteiger partial charge in [-0.3, -0.25) is 14.9 Å². The zero-order valence-corrected chi connectivity index (χ0v) is 14.9. The molecule has 0 aliphatic carbocycles. The van der Waals surface area contributed by atoms with Crippen molar-refractivity contribution >= 4 is 28.9 Å². The Morgan fingerprint density at radius 3 is 2.26 bits per heavy atom. The number of furan rings is 2. The van der Waals surface area contributed by atoms with Crippen LogP contribution in [0.5, 0.6) is 0 Å². The largest absolute Gasteiger partial charge is 0.463 e. The van der Waals surface area contributed by atoms with Crippen LogP contribution in [0.25, 0.3) is 0 Å². The SMILES string of the molecule is O=C(C[NH+](Cc1ccco1)Cc1ccco1)Nc1ccc(Cl)cc1[N+](=O)[O-]. The molecule has 1 aromatic carbocycles. The Bertz CT molecular complexity index is 873. The van der Waals surface area contributed by atoms with E-state index >= 15 is 0 Å². The third kappa shape index (κ3) is 5.19. The Balaban J connectivity index is 1.71. The van der Waals surface area contributed by atoms with E-state index in [-0.39, 0.29) is 28.8 Å². The van der Waals surface area contributed by atoms with Gasteiger partial charge in [0.15, 0.2) is 18.1 Å². The molecule has 0 fully saturated rings. The second-order valence-corrected chi connectivity index (χ2v) is 6.34. The van der Waals surface area contributed by atoms with Crippen LogP contribution >= 0.6 is 11.6 Å². The van der Waals surface area contributed by atoms with Gasteiger partial charge in [0.2, 0.25) is 0 Å². The molecule has 0 bridgehead atoms. The minimum atomic E-state index is -0.585. The van der Waals surface area contributed by atoms with E-state index in [1.807, 2.05) is 12.1 Å². The number of nitro groups is 1. The second kappa shape index (κ2) is 8.52. The van der Waals surface area contributed by atoms with Crippen molar-refractivity contribution in [2.24, 2.45) is 0 Å². The van der Waals surface area contributed by atoms with Crippen molar-refractivity contribution in [2.75, 3.05) is 11.9 Å². The van der Waals surface area contributed by atoms with Crippen LogP contribution in [0.3, 0.4) is 0 Å². The van der Waals surface area contributed by atoms with E-state index in [2.05, 4.69) is 5.32 Å². The molecule has 0 atom stereocenters. The molecule has 0 spiro atoms. The lowest BCUT2D eigenvalue weighted by molar-refractivity contribution is -0.921. The number of hydrogen-bond acceptors (Lipinski definition) is 5. The molecule has 0 saturated carbocycles. The molecular formula is C18H17ClN3O5+. The number of carbonyl (C=O) groups is 1. The summed E-state index contributed by atoms with van der Waals surface area (Å²) < 4.78 is 10.7. The van der Waals surface area contributed by atoms with E-state index in [1.165, 1.54) is 18.2 Å². The predicted octanol–water partition coefficient (Wildman–Crippen LogP) is 2.66. The number of nitrogens with zero attached hydrogens (tertiary/aromatic N) is 1. The van der Waals surface area contributed by atoms with Crippen LogP contribution in [0.4, 0.5) is 11.4 Å². The first kappa shape index (κ1) is 18.7. The molecule has 2 heterocycles. The van der Waals surface area contributed by atoms with Crippen LogP contribution in [-0.2, 0) is 17.9 Å². The first-order valence-electron chi connectivity index (χ1n) is 8.13. The quantitative estimate of drug-likeness (QED) is 0.454. The summed E-state index contributed by atoms with van der Waals surface area (Å²) in [4.78, 5) is 23.9. The van der Waals surface area contributed by atoms with Gasteiger partial charge in [0.05, 0.1) is 17.4 Å². The van der Waals surface area contributed by atoms with Gasteiger partial charge < -0.3 is 19.1 Å². The van der Waals surface area contributed by atoms with Gasteiger partial charge in [0.1, 0.15) is 18.8 Å².